The van der Waals surface area contributed by atoms with Crippen LogP contribution in [-0.2, 0) is 6.54 Å². The molecule has 0 unspecified atom stereocenters. The summed E-state index contributed by atoms with van der Waals surface area (Å²) in [5, 5.41) is 16.2. The van der Waals surface area contributed by atoms with Crippen molar-refractivity contribution in [3.63, 3.8) is 0 Å². The number of aromatic nitrogens is 2. The Kier molecular flexibility index (Phi) is 8.39. The van der Waals surface area contributed by atoms with Gasteiger partial charge in [-0.25, -0.2) is 4.98 Å². The minimum absolute atomic E-state index is 0.272. The van der Waals surface area contributed by atoms with E-state index in [1.54, 1.807) is 24.4 Å². The fraction of sp³-hybridized carbons (Fsp3) is 0.286. The first-order valence-electron chi connectivity index (χ1n) is 12.2. The van der Waals surface area contributed by atoms with Crippen molar-refractivity contribution in [2.75, 3.05) is 23.7 Å². The van der Waals surface area contributed by atoms with E-state index in [2.05, 4.69) is 25.5 Å². The molecule has 1 saturated heterocycles. The lowest BCUT2D eigenvalue weighted by Crippen LogP contribution is -2.39. The number of nitrogens with two attached hydrogens (primary N) is 1. The van der Waals surface area contributed by atoms with Crippen molar-refractivity contribution in [1.82, 2.24) is 14.9 Å². The highest BCUT2D eigenvalue weighted by Gasteiger charge is 2.21. The van der Waals surface area contributed by atoms with Crippen LogP contribution in [0.4, 0.5) is 17.5 Å². The number of piperidine rings is 1. The molecule has 0 bridgehead atoms. The van der Waals surface area contributed by atoms with Crippen molar-refractivity contribution in [3.8, 4) is 6.07 Å². The number of nitrogens with zero attached hydrogens (tertiary/aromatic N) is 4. The van der Waals surface area contributed by atoms with Crippen LogP contribution in [0.3, 0.4) is 0 Å². The molecule has 1 aliphatic heterocycles. The molecule has 1 aliphatic rings. The fourth-order valence-electron chi connectivity index (χ4n) is 4.54. The summed E-state index contributed by atoms with van der Waals surface area (Å²) in [6.07, 6.45) is 6.93. The highest BCUT2D eigenvalue weighted by atomic mass is 35.5. The van der Waals surface area contributed by atoms with E-state index < -0.39 is 5.91 Å². The van der Waals surface area contributed by atoms with Crippen molar-refractivity contribution in [1.29, 1.82) is 5.26 Å². The summed E-state index contributed by atoms with van der Waals surface area (Å²) >= 11 is 6.36. The first kappa shape index (κ1) is 26.1. The molecule has 190 valence electrons. The molecule has 4 rings (SSSR count). The molecule has 0 spiro atoms. The Labute approximate surface area is 222 Å². The van der Waals surface area contributed by atoms with Crippen molar-refractivity contribution < 1.29 is 4.79 Å². The second-order valence-electron chi connectivity index (χ2n) is 9.25. The number of hydrogen-bond donors (Lipinski definition) is 3. The number of nitriles is 1. The number of amides is 1. The summed E-state index contributed by atoms with van der Waals surface area (Å²) in [4.78, 5) is 22.8. The first-order valence-corrected chi connectivity index (χ1v) is 12.5. The van der Waals surface area contributed by atoms with Gasteiger partial charge < -0.3 is 16.4 Å². The van der Waals surface area contributed by atoms with Crippen LogP contribution >= 0.6 is 11.6 Å². The van der Waals surface area contributed by atoms with Gasteiger partial charge in [0.15, 0.2) is 0 Å². The number of carbonyl (C=O) groups is 1. The highest BCUT2D eigenvalue weighted by Crippen LogP contribution is 2.27. The molecule has 0 atom stereocenters. The second-order valence-corrected chi connectivity index (χ2v) is 9.66. The Hall–Kier alpha value is -3.93. The van der Waals surface area contributed by atoms with Gasteiger partial charge in [-0.3, -0.25) is 9.69 Å². The van der Waals surface area contributed by atoms with Crippen LogP contribution < -0.4 is 16.4 Å². The molecule has 4 N–H and O–H groups in total. The third-order valence-corrected chi connectivity index (χ3v) is 6.82. The number of anilines is 3. The van der Waals surface area contributed by atoms with Gasteiger partial charge in [0.1, 0.15) is 5.82 Å². The molecule has 37 heavy (non-hydrogen) atoms. The quantitative estimate of drug-likeness (QED) is 0.352. The molecule has 2 aromatic carbocycles. The summed E-state index contributed by atoms with van der Waals surface area (Å²) < 4.78 is 0. The minimum atomic E-state index is -0.477. The van der Waals surface area contributed by atoms with Crippen molar-refractivity contribution in [3.05, 3.63) is 81.5 Å². The average Bonchev–Trinajstić information content (AvgIpc) is 2.87. The zero-order valence-electron chi connectivity index (χ0n) is 21.0. The van der Waals surface area contributed by atoms with E-state index in [-0.39, 0.29) is 6.04 Å². The first-order chi connectivity index (χ1) is 17.8. The predicted octanol–water partition coefficient (Wildman–Crippen LogP) is 5.20. The number of carbonyl (C=O) groups excluding carboxylic acids is 1. The molecular formula is C28H30ClN7O. The van der Waals surface area contributed by atoms with Crippen LogP contribution in [0.15, 0.2) is 48.7 Å². The van der Waals surface area contributed by atoms with Crippen LogP contribution in [0.25, 0.3) is 6.08 Å². The van der Waals surface area contributed by atoms with Gasteiger partial charge in [-0.05, 0) is 85.4 Å². The van der Waals surface area contributed by atoms with Gasteiger partial charge in [-0.2, -0.15) is 10.2 Å². The van der Waals surface area contributed by atoms with Crippen LogP contribution in [0, 0.1) is 25.2 Å². The van der Waals surface area contributed by atoms with Gasteiger partial charge in [0, 0.05) is 54.2 Å². The minimum Gasteiger partial charge on any atom is -0.366 e. The molecule has 1 amide bonds. The topological polar surface area (TPSA) is 120 Å². The zero-order chi connectivity index (χ0) is 26.4. The maximum atomic E-state index is 11.3. The molecule has 1 aromatic heterocycles. The standard InChI is InChI=1S/C28H30ClN7O/c1-18-14-20(4-3-10-30)15-19(2)26(18)34-25-7-11-32-28(35-25)33-23-8-12-36(13-9-23)17-22-6-5-21(27(31)37)16-24(22)29/h3-7,11,14-16,23H,8-9,12-13,17H2,1-2H3,(H2,31,37)(H2,32,33,34,35)/b4-3+. The molecule has 0 radical (unpaired) electrons. The third-order valence-electron chi connectivity index (χ3n) is 6.47. The monoisotopic (exact) mass is 515 g/mol. The van der Waals surface area contributed by atoms with Crippen LogP contribution in [0.5, 0.6) is 0 Å². The van der Waals surface area contributed by atoms with E-state index in [0.29, 0.717) is 16.5 Å². The van der Waals surface area contributed by atoms with Crippen LogP contribution in [-0.4, -0.2) is 39.9 Å². The number of halogens is 1. The molecule has 1 fully saturated rings. The van der Waals surface area contributed by atoms with Gasteiger partial charge in [-0.15, -0.1) is 0 Å². The summed E-state index contributed by atoms with van der Waals surface area (Å²) in [6, 6.07) is 13.5. The second kappa shape index (κ2) is 11.9. The number of benzene rings is 2. The summed E-state index contributed by atoms with van der Waals surface area (Å²) in [6.45, 7) is 6.62. The molecule has 0 saturated carbocycles. The number of hydrogen-bond acceptors (Lipinski definition) is 7. The Morgan fingerprint density at radius 1 is 1.22 bits per heavy atom. The third kappa shape index (κ3) is 6.85. The van der Waals surface area contributed by atoms with Crippen molar-refractivity contribution in [2.24, 2.45) is 5.73 Å². The Bertz CT molecular complexity index is 1330. The lowest BCUT2D eigenvalue weighted by atomic mass is 10.0. The summed E-state index contributed by atoms with van der Waals surface area (Å²) in [5.41, 5.74) is 10.9. The number of allylic oxidation sites excluding steroid dienone is 1. The molecule has 2 heterocycles. The van der Waals surface area contributed by atoms with E-state index in [1.165, 1.54) is 6.08 Å². The largest absolute Gasteiger partial charge is 0.366 e. The van der Waals surface area contributed by atoms with E-state index in [4.69, 9.17) is 22.6 Å². The number of primary amides is 1. The van der Waals surface area contributed by atoms with Gasteiger partial charge in [-0.1, -0.05) is 17.7 Å². The molecule has 8 nitrogen and oxygen atoms in total. The summed E-state index contributed by atoms with van der Waals surface area (Å²) in [5.74, 6) is 0.836. The average molecular weight is 516 g/mol. The van der Waals surface area contributed by atoms with Gasteiger partial charge in [0.05, 0.1) is 6.07 Å². The smallest absolute Gasteiger partial charge is 0.248 e. The highest BCUT2D eigenvalue weighted by molar-refractivity contribution is 6.31. The Balaban J connectivity index is 1.34. The number of likely N-dealkylation sites (tertiary alicyclic amines) is 1. The molecule has 0 aliphatic carbocycles. The number of aryl methyl sites for hydroxylation is 2. The molecule has 3 aromatic rings. The normalized spacial score (nSPS) is 14.4. The van der Waals surface area contributed by atoms with E-state index >= 15 is 0 Å². The van der Waals surface area contributed by atoms with E-state index in [1.807, 2.05) is 44.2 Å². The lowest BCUT2D eigenvalue weighted by Gasteiger charge is -2.32. The van der Waals surface area contributed by atoms with E-state index in [0.717, 1.165) is 66.2 Å². The van der Waals surface area contributed by atoms with Gasteiger partial charge >= 0.3 is 0 Å². The number of rotatable bonds is 8. The van der Waals surface area contributed by atoms with Gasteiger partial charge in [0.25, 0.3) is 0 Å². The Morgan fingerprint density at radius 3 is 2.59 bits per heavy atom. The zero-order valence-corrected chi connectivity index (χ0v) is 21.7. The summed E-state index contributed by atoms with van der Waals surface area (Å²) in [7, 11) is 0. The molecule has 9 heteroatoms. The maximum absolute atomic E-state index is 11.3. The maximum Gasteiger partial charge on any atom is 0.248 e. The van der Waals surface area contributed by atoms with Crippen LogP contribution in [0.2, 0.25) is 5.02 Å². The SMILES string of the molecule is Cc1cc(/C=C/C#N)cc(C)c1Nc1ccnc(NC2CCN(Cc3ccc(C(N)=O)cc3Cl)CC2)n1. The van der Waals surface area contributed by atoms with Gasteiger partial charge in [0.2, 0.25) is 11.9 Å². The Morgan fingerprint density at radius 2 is 1.95 bits per heavy atom. The predicted molar refractivity (Wildman–Crippen MR) is 148 cm³/mol. The van der Waals surface area contributed by atoms with E-state index in [9.17, 15) is 4.79 Å². The molecular weight excluding hydrogens is 486 g/mol. The van der Waals surface area contributed by atoms with Crippen molar-refractivity contribution in [2.45, 2.75) is 39.3 Å². The number of nitrogens with one attached hydrogen (secondary N) is 2. The fourth-order valence-corrected chi connectivity index (χ4v) is 4.78. The van der Waals surface area contributed by atoms with Crippen LogP contribution in [0.1, 0.15) is 45.5 Å². The lowest BCUT2D eigenvalue weighted by molar-refractivity contribution is 0.1000. The van der Waals surface area contributed by atoms with Crippen molar-refractivity contribution >= 4 is 41.0 Å².